The van der Waals surface area contributed by atoms with Crippen molar-refractivity contribution in [2.75, 3.05) is 68.4 Å². The Morgan fingerprint density at radius 1 is 0.356 bits per heavy atom. The zero-order valence-electron chi connectivity index (χ0n) is 59.2. The highest BCUT2D eigenvalue weighted by Crippen LogP contribution is 2.24. The van der Waals surface area contributed by atoms with Crippen molar-refractivity contribution in [3.8, 4) is 0 Å². The van der Waals surface area contributed by atoms with Gasteiger partial charge in [0.25, 0.3) is 0 Å². The lowest BCUT2D eigenvalue weighted by Gasteiger charge is -2.24. The van der Waals surface area contributed by atoms with Crippen LogP contribution in [0.1, 0.15) is 91.5 Å². The second-order valence-electron chi connectivity index (χ2n) is 23.4. The van der Waals surface area contributed by atoms with E-state index in [1.165, 1.54) is 12.4 Å². The number of nitrogens with zero attached hydrogens (tertiary/aromatic N) is 6. The third-order valence-corrected chi connectivity index (χ3v) is 15.4. The molecule has 578 valence electrons. The van der Waals surface area contributed by atoms with Crippen LogP contribution in [0.15, 0.2) is 12.4 Å². The molecule has 104 heavy (non-hydrogen) atoms. The maximum absolute atomic E-state index is 13.8. The fourth-order valence-corrected chi connectivity index (χ4v) is 10.4. The molecule has 10 amide bonds. The summed E-state index contributed by atoms with van der Waals surface area (Å²) in [7, 11) is 9.83. The Balaban J connectivity index is 2.32. The lowest BCUT2D eigenvalue weighted by atomic mass is 10.1. The summed E-state index contributed by atoms with van der Waals surface area (Å²) in [5.74, 6) is -16.8. The van der Waals surface area contributed by atoms with E-state index in [9.17, 15) is 86.3 Å². The van der Waals surface area contributed by atoms with Gasteiger partial charge in [-0.1, -0.05) is 32.0 Å². The van der Waals surface area contributed by atoms with Gasteiger partial charge in [0, 0.05) is 11.5 Å². The number of nitrogens with one attached hydrogen (secondary N) is 10. The summed E-state index contributed by atoms with van der Waals surface area (Å²) < 4.78 is 49.6. The maximum Gasteiger partial charge on any atom is 0.408 e. The molecule has 0 fully saturated rings. The van der Waals surface area contributed by atoms with Crippen LogP contribution in [-0.4, -0.2) is 265 Å². The zero-order valence-corrected chi connectivity index (χ0v) is 60.8. The number of carbonyl (C=O) groups excluding carboxylic acids is 18. The number of alkyl carbamates (subject to hydrolysis) is 2. The molecule has 46 heteroatoms. The predicted octanol–water partition coefficient (Wildman–Crippen LogP) is -5.40. The van der Waals surface area contributed by atoms with Crippen LogP contribution in [0.4, 0.5) is 9.59 Å². The number of carbonyl (C=O) groups is 18. The molecular weight excluding hydrogens is 1430 g/mol. The number of rotatable bonds is 41. The first-order valence-corrected chi connectivity index (χ1v) is 33.2. The van der Waals surface area contributed by atoms with Gasteiger partial charge in [-0.2, -0.15) is 0 Å². The summed E-state index contributed by atoms with van der Waals surface area (Å²) in [6, 6.07) is -13.0. The highest BCUT2D eigenvalue weighted by Gasteiger charge is 2.36. The highest BCUT2D eigenvalue weighted by molar-refractivity contribution is 8.76. The summed E-state index contributed by atoms with van der Waals surface area (Å²) in [6.45, 7) is 7.22. The molecular formula is C58H86N16O28S2. The Labute approximate surface area is 601 Å². The van der Waals surface area contributed by atoms with Crippen LogP contribution in [0.25, 0.3) is 0 Å². The third kappa shape index (κ3) is 34.6. The van der Waals surface area contributed by atoms with Crippen molar-refractivity contribution in [1.82, 2.24) is 83.2 Å². The first kappa shape index (κ1) is 89.1. The number of aromatic nitrogens is 6. The number of amides is 10. The largest absolute Gasteiger partial charge is 0.469 e. The van der Waals surface area contributed by atoms with E-state index in [-0.39, 0.29) is 36.0 Å². The van der Waals surface area contributed by atoms with Crippen LogP contribution in [0, 0.1) is 0 Å². The Morgan fingerprint density at radius 2 is 0.635 bits per heavy atom. The minimum atomic E-state index is -1.85. The van der Waals surface area contributed by atoms with Gasteiger partial charge in [-0.25, -0.2) is 38.1 Å². The number of ether oxygens (including phenoxy) is 10. The van der Waals surface area contributed by atoms with Crippen molar-refractivity contribution in [2.24, 2.45) is 0 Å². The predicted molar refractivity (Wildman–Crippen MR) is 350 cm³/mol. The first-order chi connectivity index (χ1) is 48.8. The van der Waals surface area contributed by atoms with Gasteiger partial charge >= 0.3 is 59.9 Å². The summed E-state index contributed by atoms with van der Waals surface area (Å²) in [4.78, 5) is 233. The van der Waals surface area contributed by atoms with E-state index in [2.05, 4.69) is 112 Å². The molecule has 2 aromatic rings. The molecule has 0 unspecified atom stereocenters. The van der Waals surface area contributed by atoms with Crippen LogP contribution in [0.5, 0.6) is 0 Å². The fourth-order valence-electron chi connectivity index (χ4n) is 8.05. The van der Waals surface area contributed by atoms with Crippen molar-refractivity contribution in [3.63, 3.8) is 0 Å². The normalized spacial score (nSPS) is 13.2. The summed E-state index contributed by atoms with van der Waals surface area (Å²) >= 11 is 0. The van der Waals surface area contributed by atoms with Crippen molar-refractivity contribution in [3.05, 3.63) is 23.8 Å². The molecule has 0 radical (unpaired) electrons. The number of hydrogen-bond acceptors (Lipinski definition) is 34. The molecule has 0 saturated heterocycles. The lowest BCUT2D eigenvalue weighted by molar-refractivity contribution is -0.151. The Morgan fingerprint density at radius 3 is 0.904 bits per heavy atom. The first-order valence-electron chi connectivity index (χ1n) is 30.7. The SMILES string of the molecule is COC(=O)C[C@H](NC(=O)C[C@H](NC(=O)Cn1cc(CNC(=O)[C@H](CSSC[C@H](NC(=O)OC(C)(C)C)C(=O)NCc2cn(CC(=O)N[C@@H](CC(=O)N[C@@H](CC(=O)OC)C(=O)OC)C(=O)N[C@@H](CC(=O)OC)C(=O)OC)nn2)NC(=O)OC(C)(C)C)nn1)C(=O)N[C@@H](CC(=O)OC)C(=O)OC)C(=O)OC. The van der Waals surface area contributed by atoms with Gasteiger partial charge in [0.05, 0.1) is 121 Å². The zero-order chi connectivity index (χ0) is 78.6. The summed E-state index contributed by atoms with van der Waals surface area (Å²) in [5.41, 5.74) is -2.01. The molecule has 2 aromatic heterocycles. The molecule has 0 bridgehead atoms. The average molecular weight is 1520 g/mol. The van der Waals surface area contributed by atoms with Gasteiger partial charge in [0.2, 0.25) is 47.3 Å². The van der Waals surface area contributed by atoms with Crippen LogP contribution < -0.4 is 53.2 Å². The minimum Gasteiger partial charge on any atom is -0.469 e. The molecule has 0 aliphatic rings. The van der Waals surface area contributed by atoms with Crippen LogP contribution in [-0.2, 0) is 150 Å². The minimum absolute atomic E-state index is 0.0296. The summed E-state index contributed by atoms with van der Waals surface area (Å²) in [6.07, 6.45) is -4.36. The average Bonchev–Trinajstić information content (AvgIpc) is 1.50. The lowest BCUT2D eigenvalue weighted by Crippen LogP contribution is -2.55. The number of hydrogen-bond donors (Lipinski definition) is 10. The Hall–Kier alpha value is -11.0. The Kier molecular flexibility index (Phi) is 38.1. The van der Waals surface area contributed by atoms with Gasteiger partial charge in [-0.3, -0.25) is 57.5 Å². The third-order valence-electron chi connectivity index (χ3n) is 13.0. The van der Waals surface area contributed by atoms with Gasteiger partial charge in [-0.05, 0) is 41.5 Å². The van der Waals surface area contributed by atoms with Crippen molar-refractivity contribution < 1.29 is 134 Å². The molecule has 0 spiro atoms. The second kappa shape index (κ2) is 44.4. The van der Waals surface area contributed by atoms with E-state index in [0.29, 0.717) is 0 Å². The molecule has 8 atom stereocenters. The number of methoxy groups -OCH3 is 8. The monoisotopic (exact) mass is 1520 g/mol. The van der Waals surface area contributed by atoms with Crippen LogP contribution in [0.3, 0.4) is 0 Å². The van der Waals surface area contributed by atoms with E-state index in [0.717, 1.165) is 87.8 Å². The fraction of sp³-hybridized carbons (Fsp3) is 0.621. The molecule has 44 nitrogen and oxygen atoms in total. The summed E-state index contributed by atoms with van der Waals surface area (Å²) in [5, 5.41) is 39.1. The van der Waals surface area contributed by atoms with Crippen molar-refractivity contribution in [2.45, 2.75) is 166 Å². The van der Waals surface area contributed by atoms with E-state index in [4.69, 9.17) is 9.47 Å². The number of esters is 8. The topological polar surface area (TPSA) is 581 Å². The second-order valence-corrected chi connectivity index (χ2v) is 26.0. The van der Waals surface area contributed by atoms with Gasteiger partial charge in [0.15, 0.2) is 0 Å². The van der Waals surface area contributed by atoms with E-state index >= 15 is 0 Å². The van der Waals surface area contributed by atoms with E-state index in [1.807, 2.05) is 0 Å². The molecule has 0 aromatic carbocycles. The maximum atomic E-state index is 13.8. The Bertz CT molecular complexity index is 3180. The molecule has 2 heterocycles. The van der Waals surface area contributed by atoms with Gasteiger partial charge < -0.3 is 101 Å². The molecule has 0 saturated carbocycles. The van der Waals surface area contributed by atoms with Crippen LogP contribution in [0.2, 0.25) is 0 Å². The van der Waals surface area contributed by atoms with Gasteiger partial charge in [0.1, 0.15) is 84.0 Å². The van der Waals surface area contributed by atoms with E-state index < -0.39 is 218 Å². The standard InChI is InChI=1S/C58H86N16O28S2/c1-57(2,3)101-55(91)67-37(47(83)59-21-29-23-73(71-69-29)25-41(77)61-31(49(85)65-35(53(89)99-13)19-45(81)95-9)15-39(75)63-33(51(87)97-11)17-43(79)93-7)27-103-104-28-38(68-56(92)102-58(4,5)6)48(84)60-22-30-24-74(72-70-30)26-42(78)62-32(50(86)66-36(54(90)100-14)20-46(82)96-10)16-40(76)64-34(52(88)98-12)18-44(80)94-8/h23-24,31-38H,15-22,25-28H2,1-14H3,(H,59,83)(H,60,84)(H,61,77)(H,62,78)(H,63,75)(H,64,76)(H,65,85)(H,66,86)(H,67,91)(H,68,92)/t31-,32-,33-,34-,35-,36-,37-,38-/m0/s1. The quantitative estimate of drug-likeness (QED) is 0.0129. The smallest absolute Gasteiger partial charge is 0.408 e. The van der Waals surface area contributed by atoms with Crippen molar-refractivity contribution >= 4 is 129 Å². The van der Waals surface area contributed by atoms with Crippen LogP contribution >= 0.6 is 21.6 Å². The molecule has 2 rings (SSSR count). The van der Waals surface area contributed by atoms with Crippen molar-refractivity contribution in [1.29, 1.82) is 0 Å². The molecule has 10 N–H and O–H groups in total. The highest BCUT2D eigenvalue weighted by atomic mass is 33.1. The van der Waals surface area contributed by atoms with Gasteiger partial charge in [-0.15, -0.1) is 10.2 Å². The molecule has 0 aliphatic carbocycles. The molecule has 0 aliphatic heterocycles. The van der Waals surface area contributed by atoms with E-state index in [1.54, 1.807) is 41.5 Å².